The van der Waals surface area contributed by atoms with E-state index >= 15 is 0 Å². The van der Waals surface area contributed by atoms with Crippen LogP contribution in [0.1, 0.15) is 30.5 Å². The number of aliphatic imine (C=N–C) groups is 2. The van der Waals surface area contributed by atoms with Gasteiger partial charge < -0.3 is 10.6 Å². The van der Waals surface area contributed by atoms with Gasteiger partial charge in [0.15, 0.2) is 6.20 Å². The van der Waals surface area contributed by atoms with Crippen LogP contribution in [0, 0.1) is 11.3 Å². The molecule has 0 bridgehead atoms. The Hall–Kier alpha value is -4.29. The quantitative estimate of drug-likeness (QED) is 0.704. The van der Waals surface area contributed by atoms with E-state index in [4.69, 9.17) is 10.1 Å². The van der Waals surface area contributed by atoms with E-state index in [-0.39, 0.29) is 10.6 Å². The van der Waals surface area contributed by atoms with Gasteiger partial charge in [-0.3, -0.25) is 9.79 Å². The number of amides is 1. The molecule has 1 amide bonds. The average Bonchev–Trinajstić information content (AvgIpc) is 3.45. The second kappa shape index (κ2) is 6.60. The van der Waals surface area contributed by atoms with Gasteiger partial charge in [0, 0.05) is 11.4 Å². The van der Waals surface area contributed by atoms with Crippen LogP contribution >= 0.6 is 0 Å². The number of anilines is 3. The third-order valence-electron chi connectivity index (χ3n) is 6.57. The Morgan fingerprint density at radius 1 is 1.24 bits per heavy atom. The van der Waals surface area contributed by atoms with Gasteiger partial charge in [0.2, 0.25) is 5.91 Å². The van der Waals surface area contributed by atoms with Gasteiger partial charge in [-0.15, -0.1) is 4.99 Å². The molecule has 2 aromatic carbocycles. The average molecular weight is 437 g/mol. The number of nitrogens with one attached hydrogen (secondary N) is 2. The molecule has 33 heavy (non-hydrogen) atoms. The minimum atomic E-state index is -0.554. The predicted molar refractivity (Wildman–Crippen MR) is 127 cm³/mol. The lowest BCUT2D eigenvalue weighted by Crippen LogP contribution is -2.56. The van der Waals surface area contributed by atoms with Crippen molar-refractivity contribution >= 4 is 41.0 Å². The van der Waals surface area contributed by atoms with Crippen LogP contribution in [-0.4, -0.2) is 35.2 Å². The van der Waals surface area contributed by atoms with E-state index < -0.39 is 5.41 Å². The summed E-state index contributed by atoms with van der Waals surface area (Å²) in [6.07, 6.45) is 6.16. The minimum absolute atomic E-state index is 0.0134. The highest BCUT2D eigenvalue weighted by Crippen LogP contribution is 2.40. The molecule has 0 spiro atoms. The summed E-state index contributed by atoms with van der Waals surface area (Å²) < 4.78 is 0.0302. The smallest absolute Gasteiger partial charge is 0.307 e. The zero-order valence-corrected chi connectivity index (χ0v) is 18.2. The first-order valence-corrected chi connectivity index (χ1v) is 10.7. The fourth-order valence-corrected chi connectivity index (χ4v) is 4.72. The molecule has 0 radical (unpaired) electrons. The second-order valence-electron chi connectivity index (χ2n) is 8.91. The lowest BCUT2D eigenvalue weighted by molar-refractivity contribution is -0.800. The number of nitriles is 1. The molecule has 0 fully saturated rings. The van der Waals surface area contributed by atoms with Gasteiger partial charge in [0.25, 0.3) is 5.96 Å². The number of fused-ring (bicyclic) bond motifs is 3. The number of nitrogens with zero attached hydrogens (tertiary/aromatic N) is 6. The molecule has 4 heterocycles. The number of quaternary nitrogens is 1. The van der Waals surface area contributed by atoms with Crippen molar-refractivity contribution in [3.63, 3.8) is 0 Å². The summed E-state index contributed by atoms with van der Waals surface area (Å²) in [5, 5.41) is 22.7. The molecule has 0 aliphatic carbocycles. The number of hydrogen-bond donors (Lipinski definition) is 2. The Morgan fingerprint density at radius 3 is 2.97 bits per heavy atom. The Morgan fingerprint density at radius 2 is 2.12 bits per heavy atom. The van der Waals surface area contributed by atoms with Gasteiger partial charge in [-0.2, -0.15) is 10.3 Å². The summed E-state index contributed by atoms with van der Waals surface area (Å²) in [7, 11) is 0. The van der Waals surface area contributed by atoms with Gasteiger partial charge in [0.1, 0.15) is 6.21 Å². The Balaban J connectivity index is 1.36. The van der Waals surface area contributed by atoms with E-state index in [9.17, 15) is 10.1 Å². The maximum Gasteiger partial charge on any atom is 0.307 e. The highest BCUT2D eigenvalue weighted by atomic mass is 16.2. The first-order valence-electron chi connectivity index (χ1n) is 10.7. The molecule has 9 heteroatoms. The van der Waals surface area contributed by atoms with Gasteiger partial charge in [0.05, 0.1) is 35.5 Å². The molecular formula is C24H21N8O+. The van der Waals surface area contributed by atoms with Crippen LogP contribution in [0.4, 0.5) is 17.1 Å². The van der Waals surface area contributed by atoms with Gasteiger partial charge in [-0.1, -0.05) is 12.1 Å². The molecule has 2 aromatic rings. The molecule has 4 aliphatic heterocycles. The third-order valence-corrected chi connectivity index (χ3v) is 6.57. The van der Waals surface area contributed by atoms with Gasteiger partial charge in [-0.25, -0.2) is 0 Å². The Bertz CT molecular complexity index is 1390. The summed E-state index contributed by atoms with van der Waals surface area (Å²) in [5.74, 6) is 1.09. The SMILES string of the molecule is CC1(C)C(=O)Nc2cc(NC3=N[N+]4(N5CCc6ccc(C#N)cc65)C=CN=CC4=N3)ccc21. The van der Waals surface area contributed by atoms with Gasteiger partial charge in [-0.05, 0) is 65.5 Å². The van der Waals surface area contributed by atoms with Crippen molar-refractivity contribution in [1.29, 1.82) is 5.26 Å². The van der Waals surface area contributed by atoms with Crippen LogP contribution in [0.15, 0.2) is 63.9 Å². The van der Waals surface area contributed by atoms with Crippen molar-refractivity contribution in [2.45, 2.75) is 25.7 Å². The number of amidine groups is 1. The number of carbonyl (C=O) groups excluding carboxylic acids is 1. The van der Waals surface area contributed by atoms with E-state index in [0.717, 1.165) is 35.6 Å². The van der Waals surface area contributed by atoms with E-state index in [1.807, 2.05) is 56.4 Å². The lowest BCUT2D eigenvalue weighted by atomic mass is 9.86. The Kier molecular flexibility index (Phi) is 3.88. The fourth-order valence-electron chi connectivity index (χ4n) is 4.72. The number of rotatable bonds is 2. The van der Waals surface area contributed by atoms with E-state index in [2.05, 4.69) is 26.7 Å². The first-order chi connectivity index (χ1) is 15.9. The van der Waals surface area contributed by atoms with Crippen molar-refractivity contribution in [2.24, 2.45) is 15.1 Å². The normalized spacial score (nSPS) is 23.3. The van der Waals surface area contributed by atoms with Crippen molar-refractivity contribution < 1.29 is 9.50 Å². The van der Waals surface area contributed by atoms with Crippen molar-refractivity contribution in [3.8, 4) is 6.07 Å². The number of benzene rings is 2. The third kappa shape index (κ3) is 2.74. The van der Waals surface area contributed by atoms with Crippen LogP contribution in [0.25, 0.3) is 0 Å². The molecule has 4 aliphatic rings. The summed E-state index contributed by atoms with van der Waals surface area (Å²) in [6, 6.07) is 13.8. The van der Waals surface area contributed by atoms with Crippen LogP contribution in [-0.2, 0) is 16.6 Å². The summed E-state index contributed by atoms with van der Waals surface area (Å²) in [4.78, 5) is 21.3. The summed E-state index contributed by atoms with van der Waals surface area (Å²) in [6.45, 7) is 4.56. The van der Waals surface area contributed by atoms with Crippen LogP contribution in [0.2, 0.25) is 0 Å². The predicted octanol–water partition coefficient (Wildman–Crippen LogP) is 3.23. The summed E-state index contributed by atoms with van der Waals surface area (Å²) >= 11 is 0. The van der Waals surface area contributed by atoms with Gasteiger partial charge >= 0.3 is 5.84 Å². The molecular weight excluding hydrogens is 416 g/mol. The topological polar surface area (TPSA) is 105 Å². The fraction of sp³-hybridized carbons (Fsp3) is 0.208. The van der Waals surface area contributed by atoms with E-state index in [1.165, 1.54) is 5.56 Å². The standard InChI is InChI=1S/C24H20N8O/c1-24(2)18-6-5-17(12-19(18)28-22(24)33)27-23-29-21-14-26-8-10-32(21,30-23)31-9-7-16-4-3-15(13-25)11-20(16)31/h3-6,8,10-12,14H,7,9H2,1-2H3,(H-,27,28,30,33)/p+1. The second-order valence-corrected chi connectivity index (χ2v) is 8.91. The largest absolute Gasteiger partial charge is 0.325 e. The molecule has 6 rings (SSSR count). The van der Waals surface area contributed by atoms with Crippen LogP contribution in [0.5, 0.6) is 0 Å². The molecule has 1 atom stereocenters. The molecule has 2 N–H and O–H groups in total. The molecule has 9 nitrogen and oxygen atoms in total. The van der Waals surface area contributed by atoms with Crippen LogP contribution < -0.4 is 15.6 Å². The van der Waals surface area contributed by atoms with Crippen LogP contribution in [0.3, 0.4) is 0 Å². The van der Waals surface area contributed by atoms with E-state index in [0.29, 0.717) is 17.4 Å². The van der Waals surface area contributed by atoms with Crippen molar-refractivity contribution in [1.82, 2.24) is 0 Å². The zero-order chi connectivity index (χ0) is 22.8. The molecule has 0 saturated heterocycles. The molecule has 0 aromatic heterocycles. The monoisotopic (exact) mass is 437 g/mol. The van der Waals surface area contributed by atoms with E-state index in [1.54, 1.807) is 12.4 Å². The lowest BCUT2D eigenvalue weighted by Gasteiger charge is -2.33. The number of carbonyl (C=O) groups is 1. The highest BCUT2D eigenvalue weighted by Gasteiger charge is 2.49. The summed E-state index contributed by atoms with van der Waals surface area (Å²) in [5.41, 5.74) is 4.73. The van der Waals surface area contributed by atoms with Crippen molar-refractivity contribution in [2.75, 3.05) is 22.2 Å². The first kappa shape index (κ1) is 19.4. The maximum atomic E-state index is 12.3. The minimum Gasteiger partial charge on any atom is -0.325 e. The molecule has 1 unspecified atom stereocenters. The number of guanidine groups is 1. The Labute approximate surface area is 190 Å². The highest BCUT2D eigenvalue weighted by molar-refractivity contribution is 6.31. The molecule has 0 saturated carbocycles. The maximum absolute atomic E-state index is 12.3. The number of hydrogen-bond acceptors (Lipinski definition) is 7. The van der Waals surface area contributed by atoms with Crippen molar-refractivity contribution in [3.05, 3.63) is 65.5 Å². The molecule has 162 valence electrons. The zero-order valence-electron chi connectivity index (χ0n) is 18.2.